The molecule has 0 aromatic carbocycles. The molecule has 0 amide bonds. The van der Waals surface area contributed by atoms with Crippen LogP contribution in [-0.2, 0) is 25.9 Å². The van der Waals surface area contributed by atoms with E-state index in [0.29, 0.717) is 0 Å². The van der Waals surface area contributed by atoms with Gasteiger partial charge in [0.25, 0.3) is 0 Å². The predicted octanol–water partition coefficient (Wildman–Crippen LogP) is 5.30. The first-order valence-corrected chi connectivity index (χ1v) is 14.9. The van der Waals surface area contributed by atoms with Gasteiger partial charge in [-0.3, -0.25) is 0 Å². The van der Waals surface area contributed by atoms with Gasteiger partial charge in [0.2, 0.25) is 0 Å². The molecule has 2 rings (SSSR count). The summed E-state index contributed by atoms with van der Waals surface area (Å²) in [5.41, 5.74) is 2.85. The fourth-order valence-corrected chi connectivity index (χ4v) is 5.15. The van der Waals surface area contributed by atoms with Crippen molar-refractivity contribution in [3.05, 3.63) is 84.5 Å². The van der Waals surface area contributed by atoms with Gasteiger partial charge in [-0.2, -0.15) is 0 Å². The van der Waals surface area contributed by atoms with Gasteiger partial charge in [0, 0.05) is 24.3 Å². The number of pyridine rings is 2. The van der Waals surface area contributed by atoms with Crippen LogP contribution in [0.15, 0.2) is 73.4 Å². The molecule has 0 N–H and O–H groups in total. The molecule has 4 heteroatoms. The Morgan fingerprint density at radius 2 is 0.838 bits per heavy atom. The van der Waals surface area contributed by atoms with E-state index in [1.807, 2.05) is 0 Å². The molecule has 0 bridgehead atoms. The number of aryl methyl sites for hydroxylation is 2. The molecule has 0 spiro atoms. The summed E-state index contributed by atoms with van der Waals surface area (Å²) in [6, 6.07) is 9.14. The van der Waals surface area contributed by atoms with Gasteiger partial charge >= 0.3 is 0 Å². The Morgan fingerprint density at radius 1 is 0.514 bits per heavy atom. The Kier molecular flexibility index (Phi) is 13.8. The van der Waals surface area contributed by atoms with Gasteiger partial charge in [-0.15, -0.1) is 0 Å². The topological polar surface area (TPSA) is 7.76 Å². The maximum absolute atomic E-state index is 2.37. The first-order valence-electron chi connectivity index (χ1n) is 14.9. The van der Waals surface area contributed by atoms with Crippen LogP contribution in [0.2, 0.25) is 0 Å². The number of hydrogen-bond donors (Lipinski definition) is 0. The lowest BCUT2D eigenvalue weighted by Gasteiger charge is -2.34. The van der Waals surface area contributed by atoms with Crippen LogP contribution in [0.1, 0.15) is 59.1 Å². The van der Waals surface area contributed by atoms with Crippen LogP contribution in [0, 0.1) is 0 Å². The average Bonchev–Trinajstić information content (AvgIpc) is 2.95. The van der Waals surface area contributed by atoms with E-state index in [0.717, 1.165) is 39.0 Å². The number of quaternary nitrogens is 2. The number of rotatable bonds is 18. The molecule has 0 aliphatic heterocycles. The van der Waals surface area contributed by atoms with Gasteiger partial charge in [0.15, 0.2) is 37.9 Å². The highest BCUT2D eigenvalue weighted by molar-refractivity contribution is 5.10. The van der Waals surface area contributed by atoms with Crippen molar-refractivity contribution in [2.24, 2.45) is 0 Å². The standard InChI is InChI=1S/C33H56N4/c1-7-36(8-2,9-3)30-15-13-24-34-26-20-32(21-27-34)18-17-19-33-22-28-35(29-23-33)25-14-16-31-37(10-4,11-5)12-6/h13-16,20-23,26-29H,7-12,17-19,24-25,30-31H2,1-6H3/q+4/b15-13+,16-14+. The van der Waals surface area contributed by atoms with Gasteiger partial charge in [-0.1, -0.05) is 0 Å². The molecular weight excluding hydrogens is 452 g/mol. The van der Waals surface area contributed by atoms with Crippen LogP contribution in [0.5, 0.6) is 0 Å². The Hall–Kier alpha value is -2.30. The Morgan fingerprint density at radius 3 is 1.14 bits per heavy atom. The zero-order valence-corrected chi connectivity index (χ0v) is 24.9. The van der Waals surface area contributed by atoms with E-state index in [-0.39, 0.29) is 0 Å². The first kappa shape index (κ1) is 30.9. The number of hydrogen-bond acceptors (Lipinski definition) is 0. The van der Waals surface area contributed by atoms with E-state index in [9.17, 15) is 0 Å². The lowest BCUT2D eigenvalue weighted by Crippen LogP contribution is -2.47. The third kappa shape index (κ3) is 10.2. The van der Waals surface area contributed by atoms with Crippen molar-refractivity contribution >= 4 is 0 Å². The summed E-state index contributed by atoms with van der Waals surface area (Å²) in [6.45, 7) is 25.2. The minimum absolute atomic E-state index is 0.951. The average molecular weight is 509 g/mol. The maximum Gasteiger partial charge on any atom is 0.169 e. The Balaban J connectivity index is 1.73. The highest BCUT2D eigenvalue weighted by Crippen LogP contribution is 2.08. The minimum Gasteiger partial charge on any atom is -0.321 e. The monoisotopic (exact) mass is 508 g/mol. The summed E-state index contributed by atoms with van der Waals surface area (Å²) in [5, 5.41) is 0. The number of aromatic nitrogens is 2. The Bertz CT molecular complexity index is 826. The van der Waals surface area contributed by atoms with Gasteiger partial charge in [0.1, 0.15) is 0 Å². The van der Waals surface area contributed by atoms with E-state index >= 15 is 0 Å². The fourth-order valence-electron chi connectivity index (χ4n) is 5.15. The van der Waals surface area contributed by atoms with Crippen molar-refractivity contribution in [1.29, 1.82) is 0 Å². The maximum atomic E-state index is 2.37. The second-order valence-corrected chi connectivity index (χ2v) is 10.5. The van der Waals surface area contributed by atoms with E-state index in [4.69, 9.17) is 0 Å². The van der Waals surface area contributed by atoms with E-state index in [1.165, 1.54) is 65.8 Å². The van der Waals surface area contributed by atoms with Crippen LogP contribution < -0.4 is 9.13 Å². The third-order valence-corrected chi connectivity index (χ3v) is 8.83. The number of likely N-dealkylation sites (N-methyl/N-ethyl adjacent to an activating group) is 2. The van der Waals surface area contributed by atoms with Crippen molar-refractivity contribution in [2.75, 3.05) is 52.4 Å². The molecular formula is C33H56N4+4. The van der Waals surface area contributed by atoms with E-state index < -0.39 is 0 Å². The van der Waals surface area contributed by atoms with Gasteiger partial charge in [0.05, 0.1) is 52.4 Å². The van der Waals surface area contributed by atoms with Crippen molar-refractivity contribution < 1.29 is 18.1 Å². The highest BCUT2D eigenvalue weighted by Gasteiger charge is 2.19. The SMILES string of the molecule is CC[N+](CC)(CC)C/C=C/C[n+]1ccc(CCCc2cc[n+](C/C=C/C[N+](CC)(CC)CC)cc2)cc1. The van der Waals surface area contributed by atoms with Crippen LogP contribution in [0.3, 0.4) is 0 Å². The molecule has 0 radical (unpaired) electrons. The predicted molar refractivity (Wildman–Crippen MR) is 157 cm³/mol. The van der Waals surface area contributed by atoms with E-state index in [1.54, 1.807) is 0 Å². The lowest BCUT2D eigenvalue weighted by atomic mass is 10.1. The zero-order chi connectivity index (χ0) is 27.0. The molecule has 2 aromatic rings. The second kappa shape index (κ2) is 16.5. The molecule has 2 aromatic heterocycles. The van der Waals surface area contributed by atoms with Crippen LogP contribution in [-0.4, -0.2) is 61.3 Å². The summed E-state index contributed by atoms with van der Waals surface area (Å²) in [7, 11) is 0. The minimum atomic E-state index is 0.951. The summed E-state index contributed by atoms with van der Waals surface area (Å²) in [6.07, 6.45) is 21.7. The molecule has 0 fully saturated rings. The van der Waals surface area contributed by atoms with Crippen molar-refractivity contribution in [3.63, 3.8) is 0 Å². The molecule has 0 aliphatic carbocycles. The molecule has 2 heterocycles. The van der Waals surface area contributed by atoms with Crippen molar-refractivity contribution in [3.8, 4) is 0 Å². The van der Waals surface area contributed by atoms with Crippen LogP contribution in [0.25, 0.3) is 0 Å². The largest absolute Gasteiger partial charge is 0.321 e. The van der Waals surface area contributed by atoms with Gasteiger partial charge in [-0.05, 0) is 96.2 Å². The fraction of sp³-hybridized carbons (Fsp3) is 0.576. The summed E-state index contributed by atoms with van der Waals surface area (Å²) >= 11 is 0. The highest BCUT2D eigenvalue weighted by atomic mass is 15.3. The molecule has 0 atom stereocenters. The molecule has 204 valence electrons. The quantitative estimate of drug-likeness (QED) is 0.147. The number of nitrogens with zero attached hydrogens (tertiary/aromatic N) is 4. The summed E-state index contributed by atoms with van der Waals surface area (Å²) in [5.74, 6) is 0. The van der Waals surface area contributed by atoms with Crippen molar-refractivity contribution in [1.82, 2.24) is 0 Å². The lowest BCUT2D eigenvalue weighted by molar-refractivity contribution is -0.917. The van der Waals surface area contributed by atoms with Crippen molar-refractivity contribution in [2.45, 2.75) is 73.9 Å². The van der Waals surface area contributed by atoms with Gasteiger partial charge in [-0.25, -0.2) is 9.13 Å². The summed E-state index contributed by atoms with van der Waals surface area (Å²) in [4.78, 5) is 0. The van der Waals surface area contributed by atoms with Gasteiger partial charge < -0.3 is 8.97 Å². The second-order valence-electron chi connectivity index (χ2n) is 10.5. The van der Waals surface area contributed by atoms with E-state index in [2.05, 4.69) is 124 Å². The van der Waals surface area contributed by atoms with Crippen LogP contribution >= 0.6 is 0 Å². The molecule has 37 heavy (non-hydrogen) atoms. The molecule has 0 saturated heterocycles. The zero-order valence-electron chi connectivity index (χ0n) is 24.9. The third-order valence-electron chi connectivity index (χ3n) is 8.83. The first-order chi connectivity index (χ1) is 18.0. The smallest absolute Gasteiger partial charge is 0.169 e. The molecule has 4 nitrogen and oxygen atoms in total. The molecule has 0 unspecified atom stereocenters. The number of allylic oxidation sites excluding steroid dienone is 2. The normalized spacial score (nSPS) is 12.7. The summed E-state index contributed by atoms with van der Waals surface area (Å²) < 4.78 is 6.90. The molecule has 0 aliphatic rings. The molecule has 0 saturated carbocycles. The van der Waals surface area contributed by atoms with Crippen LogP contribution in [0.4, 0.5) is 0 Å². The Labute approximate surface area is 228 Å².